The van der Waals surface area contributed by atoms with Crippen LogP contribution in [0, 0.1) is 6.92 Å². The summed E-state index contributed by atoms with van der Waals surface area (Å²) in [5.74, 6) is 0.277. The van der Waals surface area contributed by atoms with Gasteiger partial charge in [0.05, 0.1) is 4.47 Å². The lowest BCUT2D eigenvalue weighted by molar-refractivity contribution is 0.0398. The molecule has 1 saturated heterocycles. The van der Waals surface area contributed by atoms with Crippen molar-refractivity contribution in [1.82, 2.24) is 9.80 Å². The van der Waals surface area contributed by atoms with Gasteiger partial charge in [0, 0.05) is 43.3 Å². The smallest absolute Gasteiger partial charge is 0.254 e. The van der Waals surface area contributed by atoms with Crippen molar-refractivity contribution in [3.05, 3.63) is 63.1 Å². The number of amides is 1. The van der Waals surface area contributed by atoms with Gasteiger partial charge in [-0.15, -0.1) is 0 Å². The van der Waals surface area contributed by atoms with E-state index < -0.39 is 0 Å². The van der Waals surface area contributed by atoms with Crippen molar-refractivity contribution in [2.75, 3.05) is 19.6 Å². The van der Waals surface area contributed by atoms with Gasteiger partial charge in [-0.2, -0.15) is 0 Å². The van der Waals surface area contributed by atoms with Gasteiger partial charge in [-0.05, 0) is 46.5 Å². The third-order valence-electron chi connectivity index (χ3n) is 5.28. The predicted molar refractivity (Wildman–Crippen MR) is 101 cm³/mol. The summed E-state index contributed by atoms with van der Waals surface area (Å²) in [7, 11) is 0. The van der Waals surface area contributed by atoms with Crippen LogP contribution in [0.5, 0.6) is 5.75 Å². The van der Waals surface area contributed by atoms with E-state index in [1.165, 1.54) is 5.56 Å². The number of benzene rings is 2. The molecule has 2 aromatic carbocycles. The Kier molecular flexibility index (Phi) is 4.29. The van der Waals surface area contributed by atoms with Crippen LogP contribution in [0.2, 0.25) is 0 Å². The van der Waals surface area contributed by atoms with E-state index in [2.05, 4.69) is 45.1 Å². The zero-order chi connectivity index (χ0) is 17.6. The Hall–Kier alpha value is -1.85. The van der Waals surface area contributed by atoms with E-state index >= 15 is 0 Å². The van der Waals surface area contributed by atoms with Gasteiger partial charge >= 0.3 is 0 Å². The van der Waals surface area contributed by atoms with E-state index in [0.717, 1.165) is 37.3 Å². The molecule has 1 unspecified atom stereocenters. The number of halogens is 1. The number of nitrogens with zero attached hydrogens (tertiary/aromatic N) is 2. The second-order valence-corrected chi connectivity index (χ2v) is 7.81. The first-order valence-corrected chi connectivity index (χ1v) is 9.42. The van der Waals surface area contributed by atoms with E-state index in [9.17, 15) is 9.90 Å². The Morgan fingerprint density at radius 3 is 2.76 bits per heavy atom. The molecule has 130 valence electrons. The lowest BCUT2D eigenvalue weighted by Gasteiger charge is -2.45. The number of piperazine rings is 1. The van der Waals surface area contributed by atoms with E-state index in [4.69, 9.17) is 0 Å². The van der Waals surface area contributed by atoms with Crippen LogP contribution >= 0.6 is 15.9 Å². The SMILES string of the molecule is Cc1cc(Br)c(O)c2c1C(=O)N1CCN(Cc3ccccc3)CC1C2. The van der Waals surface area contributed by atoms with E-state index in [-0.39, 0.29) is 17.7 Å². The molecule has 0 aromatic heterocycles. The van der Waals surface area contributed by atoms with Gasteiger partial charge in [0.1, 0.15) is 5.75 Å². The van der Waals surface area contributed by atoms with Crippen LogP contribution in [0.15, 0.2) is 40.9 Å². The van der Waals surface area contributed by atoms with Gasteiger partial charge < -0.3 is 10.0 Å². The standard InChI is InChI=1S/C20H21BrN2O2/c1-13-9-17(21)19(24)16-10-15-12-22(11-14-5-3-2-4-6-14)7-8-23(15)20(25)18(13)16/h2-6,9,15,24H,7-8,10-12H2,1H3. The molecule has 0 aliphatic carbocycles. The minimum atomic E-state index is 0.0610. The number of phenolic OH excluding ortho intramolecular Hbond substituents is 1. The number of aromatic hydroxyl groups is 1. The lowest BCUT2D eigenvalue weighted by atomic mass is 9.88. The first-order chi connectivity index (χ1) is 12.0. The molecule has 5 heteroatoms. The van der Waals surface area contributed by atoms with Crippen LogP contribution in [0.1, 0.15) is 27.0 Å². The third kappa shape index (κ3) is 2.96. The summed E-state index contributed by atoms with van der Waals surface area (Å²) in [6, 6.07) is 12.4. The second-order valence-electron chi connectivity index (χ2n) is 6.95. The van der Waals surface area contributed by atoms with Gasteiger partial charge in [-0.1, -0.05) is 30.3 Å². The van der Waals surface area contributed by atoms with Crippen LogP contribution < -0.4 is 0 Å². The zero-order valence-electron chi connectivity index (χ0n) is 14.2. The van der Waals surface area contributed by atoms with Gasteiger partial charge in [0.2, 0.25) is 0 Å². The normalized spacial score (nSPS) is 20.3. The molecule has 1 amide bonds. The fraction of sp³-hybridized carbons (Fsp3) is 0.350. The van der Waals surface area contributed by atoms with E-state index in [1.54, 1.807) is 0 Å². The highest BCUT2D eigenvalue weighted by Crippen LogP contribution is 2.38. The summed E-state index contributed by atoms with van der Waals surface area (Å²) in [5, 5.41) is 10.4. The summed E-state index contributed by atoms with van der Waals surface area (Å²) in [5.41, 5.74) is 3.70. The van der Waals surface area contributed by atoms with Crippen molar-refractivity contribution in [3.8, 4) is 5.75 Å². The molecular weight excluding hydrogens is 380 g/mol. The van der Waals surface area contributed by atoms with E-state index in [1.807, 2.05) is 24.0 Å². The third-order valence-corrected chi connectivity index (χ3v) is 5.89. The molecule has 2 aromatic rings. The van der Waals surface area contributed by atoms with Gasteiger partial charge in [0.15, 0.2) is 0 Å². The fourth-order valence-corrected chi connectivity index (χ4v) is 4.64. The predicted octanol–water partition coefficient (Wildman–Crippen LogP) is 3.35. The summed E-state index contributed by atoms with van der Waals surface area (Å²) >= 11 is 3.40. The minimum Gasteiger partial charge on any atom is -0.506 e. The number of hydrogen-bond acceptors (Lipinski definition) is 3. The van der Waals surface area contributed by atoms with Crippen LogP contribution in [-0.2, 0) is 13.0 Å². The van der Waals surface area contributed by atoms with Crippen molar-refractivity contribution >= 4 is 21.8 Å². The first-order valence-electron chi connectivity index (χ1n) is 8.63. The summed E-state index contributed by atoms with van der Waals surface area (Å²) < 4.78 is 0.668. The van der Waals surface area contributed by atoms with Crippen molar-refractivity contribution in [2.24, 2.45) is 0 Å². The molecule has 1 N–H and O–H groups in total. The first kappa shape index (κ1) is 16.6. The average molecular weight is 401 g/mol. The molecule has 2 aliphatic rings. The minimum absolute atomic E-state index is 0.0610. The fourth-order valence-electron chi connectivity index (χ4n) is 4.05. The molecule has 1 atom stereocenters. The maximum absolute atomic E-state index is 13.0. The molecule has 4 nitrogen and oxygen atoms in total. The Morgan fingerprint density at radius 2 is 2.00 bits per heavy atom. The number of rotatable bonds is 2. The highest BCUT2D eigenvalue weighted by Gasteiger charge is 2.38. The molecule has 2 aliphatic heterocycles. The number of fused-ring (bicyclic) bond motifs is 2. The second kappa shape index (κ2) is 6.46. The van der Waals surface area contributed by atoms with Crippen LogP contribution in [0.3, 0.4) is 0 Å². The van der Waals surface area contributed by atoms with Crippen LogP contribution in [0.4, 0.5) is 0 Å². The Labute approximate surface area is 156 Å². The zero-order valence-corrected chi connectivity index (χ0v) is 15.8. The summed E-state index contributed by atoms with van der Waals surface area (Å²) in [6.07, 6.45) is 0.707. The molecule has 4 rings (SSSR count). The number of carbonyl (C=O) groups excluding carboxylic acids is 1. The van der Waals surface area contributed by atoms with Gasteiger partial charge in [-0.3, -0.25) is 9.69 Å². The van der Waals surface area contributed by atoms with E-state index in [0.29, 0.717) is 16.5 Å². The topological polar surface area (TPSA) is 43.8 Å². The van der Waals surface area contributed by atoms with Crippen LogP contribution in [0.25, 0.3) is 0 Å². The largest absolute Gasteiger partial charge is 0.506 e. The average Bonchev–Trinajstić information content (AvgIpc) is 2.60. The van der Waals surface area contributed by atoms with Crippen molar-refractivity contribution < 1.29 is 9.90 Å². The molecule has 0 saturated carbocycles. The molecule has 0 bridgehead atoms. The molecule has 25 heavy (non-hydrogen) atoms. The number of phenols is 1. The lowest BCUT2D eigenvalue weighted by Crippen LogP contribution is -2.57. The molecule has 2 heterocycles. The van der Waals surface area contributed by atoms with Crippen molar-refractivity contribution in [2.45, 2.75) is 25.9 Å². The maximum Gasteiger partial charge on any atom is 0.254 e. The highest BCUT2D eigenvalue weighted by atomic mass is 79.9. The number of hydrogen-bond donors (Lipinski definition) is 1. The number of carbonyl (C=O) groups is 1. The van der Waals surface area contributed by atoms with Gasteiger partial charge in [-0.25, -0.2) is 0 Å². The summed E-state index contributed by atoms with van der Waals surface area (Å²) in [4.78, 5) is 17.4. The Morgan fingerprint density at radius 1 is 1.24 bits per heavy atom. The van der Waals surface area contributed by atoms with Crippen LogP contribution in [-0.4, -0.2) is 46.5 Å². The molecule has 0 spiro atoms. The van der Waals surface area contributed by atoms with Crippen molar-refractivity contribution in [3.63, 3.8) is 0 Å². The molecular formula is C20H21BrN2O2. The van der Waals surface area contributed by atoms with Gasteiger partial charge in [0.25, 0.3) is 5.91 Å². The Bertz CT molecular complexity index is 822. The monoisotopic (exact) mass is 400 g/mol. The summed E-state index contributed by atoms with van der Waals surface area (Å²) in [6.45, 7) is 5.30. The Balaban J connectivity index is 1.59. The quantitative estimate of drug-likeness (QED) is 0.840. The molecule has 1 fully saturated rings. The van der Waals surface area contributed by atoms with Crippen molar-refractivity contribution in [1.29, 1.82) is 0 Å². The maximum atomic E-state index is 13.0. The molecule has 0 radical (unpaired) electrons. The highest BCUT2D eigenvalue weighted by molar-refractivity contribution is 9.10. The number of aryl methyl sites for hydroxylation is 1.